The molecule has 3 N–H and O–H groups in total. The van der Waals surface area contributed by atoms with E-state index in [0.717, 1.165) is 22.3 Å². The molecule has 1 aromatic heterocycles. The standard InChI is InChI=1S/C12H14N4S/c1-2-14-10-8-11(16-12(13)15-10)17-9-6-4-3-5-7-9/h3-8H,2H2,1H3,(H3,13,14,15,16). The van der Waals surface area contributed by atoms with Crippen LogP contribution in [0.25, 0.3) is 0 Å². The summed E-state index contributed by atoms with van der Waals surface area (Å²) in [4.78, 5) is 9.44. The van der Waals surface area contributed by atoms with E-state index < -0.39 is 0 Å². The molecule has 0 aliphatic heterocycles. The van der Waals surface area contributed by atoms with E-state index in [1.165, 1.54) is 0 Å². The SMILES string of the molecule is CCNc1cc(Sc2ccccc2)nc(N)n1. The van der Waals surface area contributed by atoms with Crippen LogP contribution in [0.3, 0.4) is 0 Å². The van der Waals surface area contributed by atoms with E-state index in [9.17, 15) is 0 Å². The Bertz CT molecular complexity index is 487. The van der Waals surface area contributed by atoms with E-state index in [4.69, 9.17) is 5.73 Å². The smallest absolute Gasteiger partial charge is 0.223 e. The van der Waals surface area contributed by atoms with E-state index >= 15 is 0 Å². The minimum Gasteiger partial charge on any atom is -0.370 e. The second kappa shape index (κ2) is 5.54. The van der Waals surface area contributed by atoms with Gasteiger partial charge >= 0.3 is 0 Å². The van der Waals surface area contributed by atoms with Gasteiger partial charge in [0, 0.05) is 17.5 Å². The number of nitrogens with one attached hydrogen (secondary N) is 1. The maximum absolute atomic E-state index is 5.67. The summed E-state index contributed by atoms with van der Waals surface area (Å²) >= 11 is 1.57. The first-order valence-electron chi connectivity index (χ1n) is 5.39. The molecule has 0 atom stereocenters. The average Bonchev–Trinajstić information content (AvgIpc) is 2.30. The van der Waals surface area contributed by atoms with Crippen LogP contribution in [0.15, 0.2) is 46.3 Å². The van der Waals surface area contributed by atoms with Gasteiger partial charge in [-0.3, -0.25) is 0 Å². The quantitative estimate of drug-likeness (QED) is 0.812. The summed E-state index contributed by atoms with van der Waals surface area (Å²) < 4.78 is 0. The van der Waals surface area contributed by atoms with Gasteiger partial charge in [0.05, 0.1) is 0 Å². The van der Waals surface area contributed by atoms with Gasteiger partial charge in [-0.05, 0) is 19.1 Å². The number of hydrogen-bond acceptors (Lipinski definition) is 5. The molecule has 0 bridgehead atoms. The highest BCUT2D eigenvalue weighted by Crippen LogP contribution is 2.27. The fourth-order valence-electron chi connectivity index (χ4n) is 1.38. The molecule has 0 radical (unpaired) electrons. The van der Waals surface area contributed by atoms with Crippen molar-refractivity contribution < 1.29 is 0 Å². The van der Waals surface area contributed by atoms with Crippen LogP contribution >= 0.6 is 11.8 Å². The molecule has 0 spiro atoms. The number of benzene rings is 1. The number of nitrogens with zero attached hydrogens (tertiary/aromatic N) is 2. The fourth-order valence-corrected chi connectivity index (χ4v) is 2.22. The lowest BCUT2D eigenvalue weighted by Gasteiger charge is -2.06. The summed E-state index contributed by atoms with van der Waals surface area (Å²) in [6.07, 6.45) is 0. The Morgan fingerprint density at radius 2 is 2.00 bits per heavy atom. The van der Waals surface area contributed by atoms with Gasteiger partial charge in [0.2, 0.25) is 5.95 Å². The third kappa shape index (κ3) is 3.35. The predicted octanol–water partition coefficient (Wildman–Crippen LogP) is 2.64. The molecule has 5 heteroatoms. The van der Waals surface area contributed by atoms with Crippen LogP contribution in [0.2, 0.25) is 0 Å². The third-order valence-corrected chi connectivity index (χ3v) is 2.97. The van der Waals surface area contributed by atoms with Crippen molar-refractivity contribution in [2.45, 2.75) is 16.8 Å². The van der Waals surface area contributed by atoms with Crippen LogP contribution in [0, 0.1) is 0 Å². The summed E-state index contributed by atoms with van der Waals surface area (Å²) in [6.45, 7) is 2.83. The second-order valence-electron chi connectivity index (χ2n) is 3.40. The lowest BCUT2D eigenvalue weighted by molar-refractivity contribution is 1.04. The molecule has 0 amide bonds. The molecule has 0 unspecified atom stereocenters. The minimum atomic E-state index is 0.293. The zero-order valence-corrected chi connectivity index (χ0v) is 10.4. The van der Waals surface area contributed by atoms with E-state index in [2.05, 4.69) is 15.3 Å². The van der Waals surface area contributed by atoms with Crippen molar-refractivity contribution in [3.63, 3.8) is 0 Å². The van der Waals surface area contributed by atoms with E-state index in [1.54, 1.807) is 11.8 Å². The average molecular weight is 246 g/mol. The number of nitrogens with two attached hydrogens (primary N) is 1. The maximum Gasteiger partial charge on any atom is 0.223 e. The third-order valence-electron chi connectivity index (χ3n) is 2.04. The van der Waals surface area contributed by atoms with Crippen LogP contribution in [-0.4, -0.2) is 16.5 Å². The van der Waals surface area contributed by atoms with Crippen LogP contribution < -0.4 is 11.1 Å². The molecule has 1 heterocycles. The molecule has 17 heavy (non-hydrogen) atoms. The predicted molar refractivity (Wildman–Crippen MR) is 71.2 cm³/mol. The molecule has 0 saturated heterocycles. The number of nitrogen functional groups attached to an aromatic ring is 1. The zero-order valence-electron chi connectivity index (χ0n) is 9.55. The molecule has 2 rings (SSSR count). The van der Waals surface area contributed by atoms with Crippen molar-refractivity contribution >= 4 is 23.5 Å². The Morgan fingerprint density at radius 3 is 2.71 bits per heavy atom. The number of rotatable bonds is 4. The summed E-state index contributed by atoms with van der Waals surface area (Å²) in [5.41, 5.74) is 5.67. The van der Waals surface area contributed by atoms with Crippen molar-refractivity contribution in [3.8, 4) is 0 Å². The number of aromatic nitrogens is 2. The van der Waals surface area contributed by atoms with E-state index in [1.807, 2.05) is 43.3 Å². The zero-order chi connectivity index (χ0) is 12.1. The molecular formula is C12H14N4S. The van der Waals surface area contributed by atoms with Gasteiger partial charge in [-0.2, -0.15) is 4.98 Å². The molecule has 0 fully saturated rings. The molecule has 0 saturated carbocycles. The highest BCUT2D eigenvalue weighted by Gasteiger charge is 2.03. The van der Waals surface area contributed by atoms with Crippen molar-refractivity contribution in [2.24, 2.45) is 0 Å². The normalized spacial score (nSPS) is 10.2. The monoisotopic (exact) mass is 246 g/mol. The summed E-state index contributed by atoms with van der Waals surface area (Å²) in [5, 5.41) is 3.98. The Hall–Kier alpha value is -1.75. The van der Waals surface area contributed by atoms with Crippen LogP contribution in [0.5, 0.6) is 0 Å². The van der Waals surface area contributed by atoms with Gasteiger partial charge in [-0.15, -0.1) is 0 Å². The maximum atomic E-state index is 5.67. The van der Waals surface area contributed by atoms with Crippen LogP contribution in [-0.2, 0) is 0 Å². The number of anilines is 2. The van der Waals surface area contributed by atoms with E-state index in [0.29, 0.717) is 5.95 Å². The molecule has 1 aromatic carbocycles. The Morgan fingerprint density at radius 1 is 1.24 bits per heavy atom. The van der Waals surface area contributed by atoms with Gasteiger partial charge in [-0.25, -0.2) is 4.98 Å². The van der Waals surface area contributed by atoms with Crippen molar-refractivity contribution in [1.29, 1.82) is 0 Å². The van der Waals surface area contributed by atoms with Gasteiger partial charge in [0.15, 0.2) is 0 Å². The van der Waals surface area contributed by atoms with E-state index in [-0.39, 0.29) is 0 Å². The molecule has 4 nitrogen and oxygen atoms in total. The fraction of sp³-hybridized carbons (Fsp3) is 0.167. The van der Waals surface area contributed by atoms with Crippen LogP contribution in [0.1, 0.15) is 6.92 Å². The summed E-state index contributed by atoms with van der Waals surface area (Å²) in [5.74, 6) is 1.06. The van der Waals surface area contributed by atoms with Gasteiger partial charge in [0.1, 0.15) is 10.8 Å². The van der Waals surface area contributed by atoms with Gasteiger partial charge < -0.3 is 11.1 Å². The minimum absolute atomic E-state index is 0.293. The first-order chi connectivity index (χ1) is 8.28. The summed E-state index contributed by atoms with van der Waals surface area (Å²) in [7, 11) is 0. The molecule has 0 aliphatic carbocycles. The summed E-state index contributed by atoms with van der Waals surface area (Å²) in [6, 6.07) is 12.0. The Labute approximate surface area is 105 Å². The van der Waals surface area contributed by atoms with Crippen molar-refractivity contribution in [2.75, 3.05) is 17.6 Å². The highest BCUT2D eigenvalue weighted by atomic mass is 32.2. The Balaban J connectivity index is 2.21. The molecule has 88 valence electrons. The lowest BCUT2D eigenvalue weighted by atomic mass is 10.4. The molecule has 0 aliphatic rings. The van der Waals surface area contributed by atoms with Crippen molar-refractivity contribution in [3.05, 3.63) is 36.4 Å². The van der Waals surface area contributed by atoms with Gasteiger partial charge in [-0.1, -0.05) is 30.0 Å². The molecular weight excluding hydrogens is 232 g/mol. The van der Waals surface area contributed by atoms with Gasteiger partial charge in [0.25, 0.3) is 0 Å². The first-order valence-corrected chi connectivity index (χ1v) is 6.21. The van der Waals surface area contributed by atoms with Crippen molar-refractivity contribution in [1.82, 2.24) is 9.97 Å². The topological polar surface area (TPSA) is 63.8 Å². The Kier molecular flexibility index (Phi) is 3.82. The largest absolute Gasteiger partial charge is 0.370 e. The number of hydrogen-bond donors (Lipinski definition) is 2. The highest BCUT2D eigenvalue weighted by molar-refractivity contribution is 7.99. The molecule has 2 aromatic rings. The second-order valence-corrected chi connectivity index (χ2v) is 4.49. The first kappa shape index (κ1) is 11.7. The lowest BCUT2D eigenvalue weighted by Crippen LogP contribution is -2.03. The van der Waals surface area contributed by atoms with Crippen LogP contribution in [0.4, 0.5) is 11.8 Å².